The van der Waals surface area contributed by atoms with Crippen LogP contribution in [0.3, 0.4) is 0 Å². The zero-order chi connectivity index (χ0) is 18.3. The van der Waals surface area contributed by atoms with Gasteiger partial charge in [0.1, 0.15) is 0 Å². The lowest BCUT2D eigenvalue weighted by Gasteiger charge is -2.15. The molecule has 3 heterocycles. The highest BCUT2D eigenvalue weighted by atomic mass is 15.2. The fraction of sp³-hybridized carbons (Fsp3) is 0.286. The molecule has 26 heavy (non-hydrogen) atoms. The molecule has 4 rings (SSSR count). The summed E-state index contributed by atoms with van der Waals surface area (Å²) in [4.78, 5) is 9.14. The molecular formula is C21H23N5. The third-order valence-corrected chi connectivity index (χ3v) is 5.11. The number of nitrogens with one attached hydrogen (secondary N) is 1. The summed E-state index contributed by atoms with van der Waals surface area (Å²) in [6.45, 7) is 12.3. The Bertz CT molecular complexity index is 997. The second kappa shape index (κ2) is 6.41. The average molecular weight is 345 g/mol. The second-order valence-electron chi connectivity index (χ2n) is 6.99. The van der Waals surface area contributed by atoms with Gasteiger partial charge in [-0.05, 0) is 55.9 Å². The highest BCUT2D eigenvalue weighted by Crippen LogP contribution is 2.33. The Labute approximate surface area is 153 Å². The van der Waals surface area contributed by atoms with Crippen molar-refractivity contribution in [1.29, 1.82) is 0 Å². The number of fused-ring (bicyclic) bond motifs is 1. The fourth-order valence-corrected chi connectivity index (χ4v) is 3.25. The van der Waals surface area contributed by atoms with Gasteiger partial charge in [-0.15, -0.1) is 0 Å². The van der Waals surface area contributed by atoms with Crippen molar-refractivity contribution in [2.24, 2.45) is 5.92 Å². The van der Waals surface area contributed by atoms with Crippen LogP contribution in [0.15, 0.2) is 43.9 Å². The van der Waals surface area contributed by atoms with Gasteiger partial charge in [0.05, 0.1) is 17.4 Å². The van der Waals surface area contributed by atoms with Gasteiger partial charge in [-0.25, -0.2) is 14.5 Å². The van der Waals surface area contributed by atoms with Gasteiger partial charge in [0.15, 0.2) is 0 Å². The van der Waals surface area contributed by atoms with Crippen molar-refractivity contribution >= 4 is 23.1 Å². The summed E-state index contributed by atoms with van der Waals surface area (Å²) in [5, 5.41) is 7.73. The van der Waals surface area contributed by atoms with E-state index in [-0.39, 0.29) is 0 Å². The van der Waals surface area contributed by atoms with Gasteiger partial charge >= 0.3 is 0 Å². The molecule has 5 heteroatoms. The lowest BCUT2D eigenvalue weighted by Crippen LogP contribution is -2.19. The Hall–Kier alpha value is -2.95. The topological polar surface area (TPSA) is 55.1 Å². The van der Waals surface area contributed by atoms with Crippen LogP contribution in [-0.4, -0.2) is 25.6 Å². The summed E-state index contributed by atoms with van der Waals surface area (Å²) in [5.41, 5.74) is 5.82. The number of hydrogen-bond donors (Lipinski definition) is 1. The van der Waals surface area contributed by atoms with Crippen molar-refractivity contribution in [3.63, 3.8) is 0 Å². The van der Waals surface area contributed by atoms with Crippen LogP contribution in [0.1, 0.15) is 42.1 Å². The zero-order valence-electron chi connectivity index (χ0n) is 15.2. The van der Waals surface area contributed by atoms with E-state index in [2.05, 4.69) is 46.5 Å². The van der Waals surface area contributed by atoms with Gasteiger partial charge in [0.25, 0.3) is 0 Å². The predicted molar refractivity (Wildman–Crippen MR) is 106 cm³/mol. The maximum Gasteiger partial charge on any atom is 0.223 e. The molecule has 0 spiro atoms. The molecule has 0 aromatic carbocycles. The second-order valence-corrected chi connectivity index (χ2v) is 6.99. The van der Waals surface area contributed by atoms with Crippen LogP contribution in [0.25, 0.3) is 17.2 Å². The van der Waals surface area contributed by atoms with Crippen LogP contribution >= 0.6 is 0 Å². The maximum absolute atomic E-state index is 4.64. The van der Waals surface area contributed by atoms with Crippen molar-refractivity contribution < 1.29 is 0 Å². The first-order valence-electron chi connectivity index (χ1n) is 8.96. The summed E-state index contributed by atoms with van der Waals surface area (Å²) < 4.78 is 1.84. The van der Waals surface area contributed by atoms with Crippen molar-refractivity contribution in [3.05, 3.63) is 66.3 Å². The maximum atomic E-state index is 4.64. The number of rotatable bonds is 6. The van der Waals surface area contributed by atoms with Crippen molar-refractivity contribution in [2.45, 2.75) is 32.7 Å². The molecule has 0 aliphatic heterocycles. The molecule has 1 saturated carbocycles. The first kappa shape index (κ1) is 16.5. The summed E-state index contributed by atoms with van der Waals surface area (Å²) in [7, 11) is 0. The van der Waals surface area contributed by atoms with E-state index in [1.165, 1.54) is 12.8 Å². The molecule has 0 unspecified atom stereocenters. The third-order valence-electron chi connectivity index (χ3n) is 5.11. The Kier molecular flexibility index (Phi) is 4.07. The van der Waals surface area contributed by atoms with Crippen LogP contribution in [-0.2, 0) is 0 Å². The highest BCUT2D eigenvalue weighted by molar-refractivity contribution is 5.82. The Morgan fingerprint density at radius 1 is 1.38 bits per heavy atom. The van der Waals surface area contributed by atoms with E-state index < -0.39 is 0 Å². The Balaban J connectivity index is 1.62. The summed E-state index contributed by atoms with van der Waals surface area (Å²) >= 11 is 0. The molecule has 0 radical (unpaired) electrons. The Morgan fingerprint density at radius 2 is 2.19 bits per heavy atom. The number of aromatic nitrogens is 4. The smallest absolute Gasteiger partial charge is 0.223 e. The molecule has 0 saturated heterocycles. The molecule has 1 N–H and O–H groups in total. The van der Waals surface area contributed by atoms with Crippen LogP contribution < -0.4 is 5.32 Å². The molecule has 1 atom stereocenters. The number of nitrogens with zero attached hydrogens (tertiary/aromatic N) is 4. The quantitative estimate of drug-likeness (QED) is 0.722. The van der Waals surface area contributed by atoms with Gasteiger partial charge in [0.2, 0.25) is 5.95 Å². The minimum absolute atomic E-state index is 0.421. The van der Waals surface area contributed by atoms with Crippen LogP contribution in [0.2, 0.25) is 0 Å². The number of pyridine rings is 1. The fourth-order valence-electron chi connectivity index (χ4n) is 3.25. The van der Waals surface area contributed by atoms with Crippen molar-refractivity contribution in [3.8, 4) is 0 Å². The van der Waals surface area contributed by atoms with Crippen LogP contribution in [0, 0.1) is 12.8 Å². The summed E-state index contributed by atoms with van der Waals surface area (Å²) in [6, 6.07) is 4.51. The van der Waals surface area contributed by atoms with E-state index in [9.17, 15) is 0 Å². The first-order valence-corrected chi connectivity index (χ1v) is 8.96. The predicted octanol–water partition coefficient (Wildman–Crippen LogP) is 4.35. The van der Waals surface area contributed by atoms with E-state index in [0.29, 0.717) is 12.0 Å². The standard InChI is InChI=1S/C21H23N5/c1-5-16-11-23-26-9-8-18(10-20(16)26)13(2)19-12-22-21(25-15(19)4)24-14(3)17-6-7-17/h5,8-12,14,17H,1-2,6-7H2,3-4H3,(H,22,24,25)/t14-/m1/s1. The van der Waals surface area contributed by atoms with E-state index in [0.717, 1.165) is 39.4 Å². The van der Waals surface area contributed by atoms with Crippen molar-refractivity contribution in [1.82, 2.24) is 19.6 Å². The third kappa shape index (κ3) is 3.01. The van der Waals surface area contributed by atoms with Gasteiger partial charge in [-0.3, -0.25) is 0 Å². The average Bonchev–Trinajstić information content (AvgIpc) is 3.41. The number of anilines is 1. The Morgan fingerprint density at radius 3 is 2.88 bits per heavy atom. The number of hydrogen-bond acceptors (Lipinski definition) is 4. The number of aryl methyl sites for hydroxylation is 1. The lowest BCUT2D eigenvalue weighted by molar-refractivity contribution is 0.685. The molecule has 1 aliphatic rings. The van der Waals surface area contributed by atoms with E-state index >= 15 is 0 Å². The molecule has 1 fully saturated rings. The molecule has 0 bridgehead atoms. The lowest BCUT2D eigenvalue weighted by atomic mass is 10.00. The van der Waals surface area contributed by atoms with E-state index in [1.807, 2.05) is 42.2 Å². The summed E-state index contributed by atoms with van der Waals surface area (Å²) in [5.74, 6) is 1.45. The van der Waals surface area contributed by atoms with E-state index in [1.54, 1.807) is 0 Å². The van der Waals surface area contributed by atoms with Gasteiger partial charge in [-0.1, -0.05) is 19.2 Å². The largest absolute Gasteiger partial charge is 0.351 e. The van der Waals surface area contributed by atoms with Gasteiger partial charge in [0, 0.05) is 29.6 Å². The SMILES string of the molecule is C=Cc1cnn2ccc(C(=C)c3cnc(N[C@H](C)C4CC4)nc3C)cc12. The molecular weight excluding hydrogens is 322 g/mol. The van der Waals surface area contributed by atoms with Crippen LogP contribution in [0.4, 0.5) is 5.95 Å². The highest BCUT2D eigenvalue weighted by Gasteiger charge is 2.28. The minimum Gasteiger partial charge on any atom is -0.351 e. The molecule has 5 nitrogen and oxygen atoms in total. The molecule has 0 amide bonds. The molecule has 1 aliphatic carbocycles. The summed E-state index contributed by atoms with van der Waals surface area (Å²) in [6.07, 6.45) is 10.0. The van der Waals surface area contributed by atoms with Crippen molar-refractivity contribution in [2.75, 3.05) is 5.32 Å². The normalized spacial score (nSPS) is 15.0. The minimum atomic E-state index is 0.421. The monoisotopic (exact) mass is 345 g/mol. The molecule has 132 valence electrons. The van der Waals surface area contributed by atoms with E-state index in [4.69, 9.17) is 0 Å². The van der Waals surface area contributed by atoms with Gasteiger partial charge in [-0.2, -0.15) is 5.10 Å². The first-order chi connectivity index (χ1) is 12.6. The van der Waals surface area contributed by atoms with Gasteiger partial charge < -0.3 is 5.32 Å². The zero-order valence-corrected chi connectivity index (χ0v) is 15.2. The molecule has 3 aromatic rings. The molecule has 3 aromatic heterocycles. The van der Waals surface area contributed by atoms with Crippen LogP contribution in [0.5, 0.6) is 0 Å².